The maximum Gasteiger partial charge on any atom is 0.226 e. The highest BCUT2D eigenvalue weighted by molar-refractivity contribution is 5.76. The quantitative estimate of drug-likeness (QED) is 0.840. The number of nitrogens with two attached hydrogens (primary N) is 1. The molecule has 0 aliphatic carbocycles. The van der Waals surface area contributed by atoms with Crippen molar-refractivity contribution in [2.45, 2.75) is 19.4 Å². The van der Waals surface area contributed by atoms with Gasteiger partial charge in [0, 0.05) is 37.4 Å². The highest BCUT2D eigenvalue weighted by Gasteiger charge is 2.23. The molecule has 2 N–H and O–H groups in total. The van der Waals surface area contributed by atoms with Gasteiger partial charge in [-0.05, 0) is 26.1 Å². The number of carbonyl (C=O) groups is 1. The Hall–Kier alpha value is -1.75. The van der Waals surface area contributed by atoms with Gasteiger partial charge in [-0.2, -0.15) is 0 Å². The van der Waals surface area contributed by atoms with Gasteiger partial charge in [0.15, 0.2) is 0 Å². The van der Waals surface area contributed by atoms with Gasteiger partial charge in [0.25, 0.3) is 0 Å². The zero-order valence-electron chi connectivity index (χ0n) is 12.2. The average Bonchev–Trinajstić information content (AvgIpc) is 2.42. The van der Waals surface area contributed by atoms with E-state index in [4.69, 9.17) is 10.5 Å². The van der Waals surface area contributed by atoms with Gasteiger partial charge in [-0.1, -0.05) is 6.07 Å². The van der Waals surface area contributed by atoms with Crippen LogP contribution in [0.4, 0.5) is 5.69 Å². The fourth-order valence-corrected chi connectivity index (χ4v) is 2.29. The van der Waals surface area contributed by atoms with Gasteiger partial charge in [0.05, 0.1) is 13.0 Å². The molecule has 1 aliphatic rings. The molecule has 0 radical (unpaired) electrons. The molecule has 1 aromatic rings. The Morgan fingerprint density at radius 2 is 2.25 bits per heavy atom. The van der Waals surface area contributed by atoms with E-state index in [0.29, 0.717) is 30.5 Å². The van der Waals surface area contributed by atoms with Crippen molar-refractivity contribution in [2.24, 2.45) is 0 Å². The van der Waals surface area contributed by atoms with Crippen LogP contribution in [0, 0.1) is 0 Å². The number of nitrogen functional groups attached to an aromatic ring is 1. The first-order chi connectivity index (χ1) is 9.56. The van der Waals surface area contributed by atoms with Gasteiger partial charge in [-0.25, -0.2) is 0 Å². The molecular formula is C15H23N3O2. The highest BCUT2D eigenvalue weighted by atomic mass is 16.5. The standard InChI is InChI=1S/C15H23N3O2/c1-12-11-18(8-7-17(12)2)15(19)6-9-20-14-5-3-4-13(16)10-14/h3-5,10,12H,6-9,11,16H2,1-2H3. The molecule has 20 heavy (non-hydrogen) atoms. The molecule has 5 nitrogen and oxygen atoms in total. The van der Waals surface area contributed by atoms with Gasteiger partial charge in [-0.3, -0.25) is 4.79 Å². The fraction of sp³-hybridized carbons (Fsp3) is 0.533. The van der Waals surface area contributed by atoms with E-state index in [1.54, 1.807) is 6.07 Å². The molecule has 0 aromatic heterocycles. The Kier molecular flexibility index (Phi) is 4.84. The van der Waals surface area contributed by atoms with Crippen molar-refractivity contribution in [3.8, 4) is 5.75 Å². The van der Waals surface area contributed by atoms with Gasteiger partial charge >= 0.3 is 0 Å². The number of amides is 1. The lowest BCUT2D eigenvalue weighted by Crippen LogP contribution is -2.52. The second-order valence-electron chi connectivity index (χ2n) is 5.34. The summed E-state index contributed by atoms with van der Waals surface area (Å²) in [4.78, 5) is 16.3. The van der Waals surface area contributed by atoms with Gasteiger partial charge in [-0.15, -0.1) is 0 Å². The van der Waals surface area contributed by atoms with E-state index >= 15 is 0 Å². The third-order valence-electron chi connectivity index (χ3n) is 3.76. The maximum atomic E-state index is 12.1. The first-order valence-corrected chi connectivity index (χ1v) is 7.02. The van der Waals surface area contributed by atoms with Crippen molar-refractivity contribution < 1.29 is 9.53 Å². The Bertz CT molecular complexity index is 464. The number of ether oxygens (including phenoxy) is 1. The smallest absolute Gasteiger partial charge is 0.226 e. The SMILES string of the molecule is CC1CN(C(=O)CCOc2cccc(N)c2)CCN1C. The number of rotatable bonds is 4. The fourth-order valence-electron chi connectivity index (χ4n) is 2.29. The van der Waals surface area contributed by atoms with Crippen LogP contribution in [0.2, 0.25) is 0 Å². The normalized spacial score (nSPS) is 19.9. The number of nitrogens with zero attached hydrogens (tertiary/aromatic N) is 2. The van der Waals surface area contributed by atoms with Crippen LogP contribution in [-0.4, -0.2) is 55.0 Å². The van der Waals surface area contributed by atoms with Crippen molar-refractivity contribution in [3.63, 3.8) is 0 Å². The van der Waals surface area contributed by atoms with Crippen LogP contribution in [0.3, 0.4) is 0 Å². The highest BCUT2D eigenvalue weighted by Crippen LogP contribution is 2.15. The lowest BCUT2D eigenvalue weighted by atomic mass is 10.2. The Balaban J connectivity index is 1.75. The van der Waals surface area contributed by atoms with E-state index in [-0.39, 0.29) is 5.91 Å². The minimum absolute atomic E-state index is 0.161. The molecule has 1 fully saturated rings. The first kappa shape index (κ1) is 14.7. The molecule has 110 valence electrons. The molecule has 1 aliphatic heterocycles. The zero-order chi connectivity index (χ0) is 14.5. The monoisotopic (exact) mass is 277 g/mol. The molecule has 0 spiro atoms. The summed E-state index contributed by atoms with van der Waals surface area (Å²) in [6.45, 7) is 5.07. The van der Waals surface area contributed by atoms with E-state index < -0.39 is 0 Å². The van der Waals surface area contributed by atoms with E-state index in [1.165, 1.54) is 0 Å². The Morgan fingerprint density at radius 1 is 1.45 bits per heavy atom. The van der Waals surface area contributed by atoms with Gasteiger partial charge in [0.2, 0.25) is 5.91 Å². The van der Waals surface area contributed by atoms with Crippen LogP contribution >= 0.6 is 0 Å². The third kappa shape index (κ3) is 3.87. The van der Waals surface area contributed by atoms with Gasteiger partial charge in [0.1, 0.15) is 5.75 Å². The Morgan fingerprint density at radius 3 is 2.95 bits per heavy atom. The summed E-state index contributed by atoms with van der Waals surface area (Å²) in [5.41, 5.74) is 6.34. The summed E-state index contributed by atoms with van der Waals surface area (Å²) < 4.78 is 5.56. The summed E-state index contributed by atoms with van der Waals surface area (Å²) in [7, 11) is 2.09. The second kappa shape index (κ2) is 6.61. The predicted octanol–water partition coefficient (Wildman–Crippen LogP) is 1.20. The summed E-state index contributed by atoms with van der Waals surface area (Å²) in [5.74, 6) is 0.874. The summed E-state index contributed by atoms with van der Waals surface area (Å²) >= 11 is 0. The van der Waals surface area contributed by atoms with Crippen molar-refractivity contribution in [1.82, 2.24) is 9.80 Å². The van der Waals surface area contributed by atoms with E-state index in [9.17, 15) is 4.79 Å². The van der Waals surface area contributed by atoms with Crippen LogP contribution in [0.1, 0.15) is 13.3 Å². The number of hydrogen-bond donors (Lipinski definition) is 1. The maximum absolute atomic E-state index is 12.1. The molecule has 2 rings (SSSR count). The molecule has 1 aromatic carbocycles. The number of benzene rings is 1. The molecule has 1 saturated heterocycles. The van der Waals surface area contributed by atoms with Crippen LogP contribution in [0.5, 0.6) is 5.75 Å². The molecule has 1 amide bonds. The summed E-state index contributed by atoms with van der Waals surface area (Å²) in [5, 5.41) is 0. The average molecular weight is 277 g/mol. The van der Waals surface area contributed by atoms with E-state index in [0.717, 1.165) is 19.6 Å². The number of likely N-dealkylation sites (N-methyl/N-ethyl adjacent to an activating group) is 1. The number of anilines is 1. The van der Waals surface area contributed by atoms with E-state index in [2.05, 4.69) is 18.9 Å². The summed E-state index contributed by atoms with van der Waals surface area (Å²) in [6, 6.07) is 7.68. The van der Waals surface area contributed by atoms with Crippen molar-refractivity contribution in [2.75, 3.05) is 39.0 Å². The van der Waals surface area contributed by atoms with Crippen LogP contribution < -0.4 is 10.5 Å². The lowest BCUT2D eigenvalue weighted by Gasteiger charge is -2.37. The van der Waals surface area contributed by atoms with E-state index in [1.807, 2.05) is 23.1 Å². The molecule has 1 unspecified atom stereocenters. The molecule has 1 atom stereocenters. The molecule has 0 bridgehead atoms. The summed E-state index contributed by atoms with van der Waals surface area (Å²) in [6.07, 6.45) is 0.408. The van der Waals surface area contributed by atoms with Crippen molar-refractivity contribution in [3.05, 3.63) is 24.3 Å². The van der Waals surface area contributed by atoms with Crippen molar-refractivity contribution >= 4 is 11.6 Å². The number of piperazine rings is 1. The number of carbonyl (C=O) groups excluding carboxylic acids is 1. The Labute approximate surface area is 120 Å². The third-order valence-corrected chi connectivity index (χ3v) is 3.76. The first-order valence-electron chi connectivity index (χ1n) is 7.02. The zero-order valence-corrected chi connectivity index (χ0v) is 12.2. The van der Waals surface area contributed by atoms with Crippen LogP contribution in [0.25, 0.3) is 0 Å². The topological polar surface area (TPSA) is 58.8 Å². The second-order valence-corrected chi connectivity index (χ2v) is 5.34. The van der Waals surface area contributed by atoms with Crippen LogP contribution in [0.15, 0.2) is 24.3 Å². The largest absolute Gasteiger partial charge is 0.493 e. The lowest BCUT2D eigenvalue weighted by molar-refractivity contribution is -0.134. The minimum atomic E-state index is 0.161. The molecule has 0 saturated carbocycles. The molecule has 5 heteroatoms. The predicted molar refractivity (Wildman–Crippen MR) is 79.6 cm³/mol. The molecule has 1 heterocycles. The minimum Gasteiger partial charge on any atom is -0.493 e. The van der Waals surface area contributed by atoms with Gasteiger partial charge < -0.3 is 20.3 Å². The molecular weight excluding hydrogens is 254 g/mol. The van der Waals surface area contributed by atoms with Crippen molar-refractivity contribution in [1.29, 1.82) is 0 Å². The number of hydrogen-bond acceptors (Lipinski definition) is 4. The van der Waals surface area contributed by atoms with Crippen LogP contribution in [-0.2, 0) is 4.79 Å².